The topological polar surface area (TPSA) is 29.5 Å². The van der Waals surface area contributed by atoms with Crippen LogP contribution in [0.1, 0.15) is 35.9 Å². The molecule has 0 aromatic heterocycles. The van der Waals surface area contributed by atoms with Crippen LogP contribution in [0.15, 0.2) is 60.7 Å². The van der Waals surface area contributed by atoms with Crippen molar-refractivity contribution >= 4 is 18.4 Å². The van der Waals surface area contributed by atoms with Gasteiger partial charge in [-0.3, -0.25) is 4.90 Å². The number of hydrogen-bond donors (Lipinski definition) is 0. The molecule has 0 heterocycles. The molecule has 0 saturated carbocycles. The molecule has 0 amide bonds. The maximum Gasteiger partial charge on any atom is 0.338 e. The quantitative estimate of drug-likeness (QED) is 0.705. The first-order valence-electron chi connectivity index (χ1n) is 7.78. The molecule has 0 N–H and O–H groups in total. The van der Waals surface area contributed by atoms with Crippen LogP contribution in [-0.2, 0) is 4.74 Å². The van der Waals surface area contributed by atoms with Crippen molar-refractivity contribution in [2.45, 2.75) is 20.0 Å². The van der Waals surface area contributed by atoms with E-state index in [0.717, 1.165) is 18.7 Å². The highest BCUT2D eigenvalue weighted by molar-refractivity contribution is 5.89. The van der Waals surface area contributed by atoms with Gasteiger partial charge in [0.2, 0.25) is 0 Å². The van der Waals surface area contributed by atoms with E-state index in [1.54, 1.807) is 12.1 Å². The van der Waals surface area contributed by atoms with Crippen LogP contribution < -0.4 is 0 Å². The van der Waals surface area contributed by atoms with Crippen LogP contribution in [0.3, 0.4) is 0 Å². The summed E-state index contributed by atoms with van der Waals surface area (Å²) in [4.78, 5) is 14.6. The summed E-state index contributed by atoms with van der Waals surface area (Å²) < 4.78 is 5.78. The van der Waals surface area contributed by atoms with Gasteiger partial charge in [0, 0.05) is 6.54 Å². The van der Waals surface area contributed by atoms with Gasteiger partial charge < -0.3 is 4.74 Å². The molecule has 2 aromatic rings. The summed E-state index contributed by atoms with van der Waals surface area (Å²) in [6.45, 7) is 6.80. The second-order valence-corrected chi connectivity index (χ2v) is 5.16. The van der Waals surface area contributed by atoms with Gasteiger partial charge in [-0.25, -0.2) is 4.79 Å². The third-order valence-corrected chi connectivity index (χ3v) is 3.75. The normalized spacial score (nSPS) is 11.6. The Kier molecular flexibility index (Phi) is 8.38. The molecule has 0 bridgehead atoms. The third kappa shape index (κ3) is 5.70. The molecule has 2 rings (SSSR count). The van der Waals surface area contributed by atoms with Crippen molar-refractivity contribution in [3.05, 3.63) is 71.8 Å². The number of benzene rings is 2. The van der Waals surface area contributed by atoms with Gasteiger partial charge in [-0.05, 0) is 30.8 Å². The maximum absolute atomic E-state index is 12.3. The minimum atomic E-state index is -0.276. The molecule has 23 heavy (non-hydrogen) atoms. The van der Waals surface area contributed by atoms with Crippen molar-refractivity contribution in [3.63, 3.8) is 0 Å². The number of carbonyl (C=O) groups is 1. The molecule has 124 valence electrons. The van der Waals surface area contributed by atoms with E-state index in [-0.39, 0.29) is 24.5 Å². The Bertz CT molecular complexity index is 570. The smallest absolute Gasteiger partial charge is 0.338 e. The lowest BCUT2D eigenvalue weighted by molar-refractivity contribution is 0.0204. The number of likely N-dealkylation sites (N-methyl/N-ethyl adjacent to an activating group) is 1. The molecular formula is C19H24ClNO2. The Hall–Kier alpha value is -1.84. The molecule has 0 radical (unpaired) electrons. The Morgan fingerprint density at radius 3 is 2.00 bits per heavy atom. The molecular weight excluding hydrogens is 310 g/mol. The minimum Gasteiger partial charge on any atom is -0.453 e. The summed E-state index contributed by atoms with van der Waals surface area (Å²) in [6.07, 6.45) is -0.256. The molecule has 0 aliphatic heterocycles. The van der Waals surface area contributed by atoms with Crippen LogP contribution in [-0.4, -0.2) is 30.5 Å². The first-order chi connectivity index (χ1) is 10.7. The molecule has 0 aliphatic rings. The lowest BCUT2D eigenvalue weighted by Gasteiger charge is -2.25. The Morgan fingerprint density at radius 2 is 1.48 bits per heavy atom. The predicted molar refractivity (Wildman–Crippen MR) is 96.1 cm³/mol. The number of esters is 1. The fourth-order valence-corrected chi connectivity index (χ4v) is 2.37. The van der Waals surface area contributed by atoms with Gasteiger partial charge in [-0.1, -0.05) is 62.4 Å². The second kappa shape index (κ2) is 10.0. The van der Waals surface area contributed by atoms with E-state index in [0.29, 0.717) is 12.1 Å². The fraction of sp³-hybridized carbons (Fsp3) is 0.316. The Morgan fingerprint density at radius 1 is 0.957 bits per heavy atom. The van der Waals surface area contributed by atoms with Crippen molar-refractivity contribution in [1.29, 1.82) is 0 Å². The minimum absolute atomic E-state index is 0. The lowest BCUT2D eigenvalue weighted by Crippen LogP contribution is -2.30. The second-order valence-electron chi connectivity index (χ2n) is 5.16. The number of carbonyl (C=O) groups excluding carboxylic acids is 1. The van der Waals surface area contributed by atoms with Crippen molar-refractivity contribution in [3.8, 4) is 0 Å². The van der Waals surface area contributed by atoms with E-state index < -0.39 is 0 Å². The zero-order valence-corrected chi connectivity index (χ0v) is 14.5. The predicted octanol–water partition coefficient (Wildman–Crippen LogP) is 4.35. The molecule has 0 spiro atoms. The number of hydrogen-bond acceptors (Lipinski definition) is 3. The van der Waals surface area contributed by atoms with Crippen molar-refractivity contribution in [2.24, 2.45) is 0 Å². The molecule has 4 heteroatoms. The van der Waals surface area contributed by atoms with E-state index in [2.05, 4.69) is 18.7 Å². The average Bonchev–Trinajstić information content (AvgIpc) is 2.60. The van der Waals surface area contributed by atoms with Gasteiger partial charge in [0.05, 0.1) is 5.56 Å². The van der Waals surface area contributed by atoms with Gasteiger partial charge in [0.25, 0.3) is 0 Å². The van der Waals surface area contributed by atoms with Crippen LogP contribution in [0, 0.1) is 0 Å². The van der Waals surface area contributed by atoms with E-state index in [1.165, 1.54) is 0 Å². The van der Waals surface area contributed by atoms with Gasteiger partial charge in [-0.15, -0.1) is 12.4 Å². The van der Waals surface area contributed by atoms with Gasteiger partial charge in [0.15, 0.2) is 0 Å². The van der Waals surface area contributed by atoms with E-state index in [4.69, 9.17) is 4.74 Å². The van der Waals surface area contributed by atoms with Crippen LogP contribution in [0.4, 0.5) is 0 Å². The third-order valence-electron chi connectivity index (χ3n) is 3.75. The van der Waals surface area contributed by atoms with Crippen LogP contribution in [0.25, 0.3) is 0 Å². The van der Waals surface area contributed by atoms with Crippen LogP contribution >= 0.6 is 12.4 Å². The van der Waals surface area contributed by atoms with Crippen molar-refractivity contribution < 1.29 is 9.53 Å². The first-order valence-corrected chi connectivity index (χ1v) is 7.78. The summed E-state index contributed by atoms with van der Waals surface area (Å²) in [7, 11) is 0. The highest BCUT2D eigenvalue weighted by atomic mass is 35.5. The standard InChI is InChI=1S/C19H23NO2.ClH/c1-3-20(4-2)15-18(16-11-7-5-8-12-16)22-19(21)17-13-9-6-10-14-17;/h5-14,18H,3-4,15H2,1-2H3;1H/t18-;/m1./s1. The summed E-state index contributed by atoms with van der Waals surface area (Å²) in [6, 6.07) is 19.1. The summed E-state index contributed by atoms with van der Waals surface area (Å²) in [5, 5.41) is 0. The summed E-state index contributed by atoms with van der Waals surface area (Å²) in [5.41, 5.74) is 1.61. The average molecular weight is 334 g/mol. The van der Waals surface area contributed by atoms with E-state index in [9.17, 15) is 4.79 Å². The monoisotopic (exact) mass is 333 g/mol. The number of nitrogens with zero attached hydrogens (tertiary/aromatic N) is 1. The molecule has 0 unspecified atom stereocenters. The largest absolute Gasteiger partial charge is 0.453 e. The van der Waals surface area contributed by atoms with Gasteiger partial charge in [-0.2, -0.15) is 0 Å². The zero-order chi connectivity index (χ0) is 15.8. The van der Waals surface area contributed by atoms with Crippen LogP contribution in [0.2, 0.25) is 0 Å². The maximum atomic E-state index is 12.3. The van der Waals surface area contributed by atoms with Crippen molar-refractivity contribution in [1.82, 2.24) is 4.90 Å². The molecule has 0 saturated heterocycles. The van der Waals surface area contributed by atoms with E-state index >= 15 is 0 Å². The molecule has 1 atom stereocenters. The van der Waals surface area contributed by atoms with Gasteiger partial charge in [0.1, 0.15) is 6.10 Å². The van der Waals surface area contributed by atoms with Crippen LogP contribution in [0.5, 0.6) is 0 Å². The molecule has 0 aliphatic carbocycles. The van der Waals surface area contributed by atoms with Crippen molar-refractivity contribution in [2.75, 3.05) is 19.6 Å². The SMILES string of the molecule is CCN(CC)C[C@@H](OC(=O)c1ccccc1)c1ccccc1.Cl. The zero-order valence-electron chi connectivity index (χ0n) is 13.6. The summed E-state index contributed by atoms with van der Waals surface area (Å²) >= 11 is 0. The lowest BCUT2D eigenvalue weighted by atomic mass is 10.1. The molecule has 2 aromatic carbocycles. The highest BCUT2D eigenvalue weighted by Gasteiger charge is 2.20. The van der Waals surface area contributed by atoms with Gasteiger partial charge >= 0.3 is 5.97 Å². The fourth-order valence-electron chi connectivity index (χ4n) is 2.37. The number of ether oxygens (including phenoxy) is 1. The number of halogens is 1. The molecule has 0 fully saturated rings. The number of rotatable bonds is 7. The Balaban J connectivity index is 0.00000264. The van der Waals surface area contributed by atoms with E-state index in [1.807, 2.05) is 48.5 Å². The summed E-state index contributed by atoms with van der Waals surface area (Å²) in [5.74, 6) is -0.276. The highest BCUT2D eigenvalue weighted by Crippen LogP contribution is 2.20. The molecule has 3 nitrogen and oxygen atoms in total. The Labute approximate surface area is 144 Å². The first kappa shape index (κ1) is 19.2.